The van der Waals surface area contributed by atoms with E-state index < -0.39 is 0 Å². The molecule has 138 valence electrons. The molecule has 4 rings (SSSR count). The van der Waals surface area contributed by atoms with Crippen LogP contribution >= 0.6 is 0 Å². The normalized spacial score (nSPS) is 17.1. The molecule has 1 aliphatic heterocycles. The maximum absolute atomic E-state index is 13.1. The maximum Gasteiger partial charge on any atom is 0.253 e. The molecule has 2 aromatic carbocycles. The van der Waals surface area contributed by atoms with Crippen molar-refractivity contribution in [3.05, 3.63) is 71.0 Å². The van der Waals surface area contributed by atoms with Crippen molar-refractivity contribution in [1.29, 1.82) is 0 Å². The summed E-state index contributed by atoms with van der Waals surface area (Å²) in [6.07, 6.45) is 2.15. The van der Waals surface area contributed by atoms with E-state index in [9.17, 15) is 4.79 Å². The van der Waals surface area contributed by atoms with Crippen molar-refractivity contribution in [2.24, 2.45) is 0 Å². The van der Waals surface area contributed by atoms with E-state index in [0.717, 1.165) is 31.6 Å². The lowest BCUT2D eigenvalue weighted by molar-refractivity contribution is 0.0707. The Hall–Kier alpha value is -3.02. The first-order valence-corrected chi connectivity index (χ1v) is 9.33. The number of hydrogen-bond acceptors (Lipinski definition) is 4. The van der Waals surface area contributed by atoms with Crippen molar-refractivity contribution in [2.45, 2.75) is 32.6 Å². The van der Waals surface area contributed by atoms with Crippen LogP contribution in [0.5, 0.6) is 0 Å². The van der Waals surface area contributed by atoms with E-state index in [2.05, 4.69) is 46.7 Å². The van der Waals surface area contributed by atoms with Crippen LogP contribution < -0.4 is 0 Å². The van der Waals surface area contributed by atoms with Gasteiger partial charge < -0.3 is 4.90 Å². The number of nitrogens with zero attached hydrogens (tertiary/aromatic N) is 5. The minimum absolute atomic E-state index is 0.0694. The third kappa shape index (κ3) is 3.60. The number of carbonyl (C=O) groups excluding carboxylic acids is 1. The molecule has 0 aliphatic carbocycles. The Morgan fingerprint density at radius 2 is 1.96 bits per heavy atom. The summed E-state index contributed by atoms with van der Waals surface area (Å²) in [5, 5.41) is 11.6. The second-order valence-corrected chi connectivity index (χ2v) is 7.19. The number of hydrogen-bond donors (Lipinski definition) is 0. The van der Waals surface area contributed by atoms with Crippen LogP contribution in [-0.2, 0) is 0 Å². The predicted octanol–water partition coefficient (Wildman–Crippen LogP) is 3.30. The van der Waals surface area contributed by atoms with Crippen molar-refractivity contribution in [3.63, 3.8) is 0 Å². The number of amides is 1. The maximum atomic E-state index is 13.1. The van der Waals surface area contributed by atoms with Crippen molar-refractivity contribution in [1.82, 2.24) is 25.1 Å². The second kappa shape index (κ2) is 7.31. The van der Waals surface area contributed by atoms with Crippen LogP contribution in [0.4, 0.5) is 0 Å². The Morgan fingerprint density at radius 3 is 2.74 bits per heavy atom. The molecule has 1 aliphatic rings. The van der Waals surface area contributed by atoms with Crippen molar-refractivity contribution in [3.8, 4) is 5.69 Å². The Morgan fingerprint density at radius 1 is 1.11 bits per heavy atom. The molecule has 3 aromatic rings. The zero-order valence-electron chi connectivity index (χ0n) is 15.7. The van der Waals surface area contributed by atoms with Crippen LogP contribution in [0.3, 0.4) is 0 Å². The summed E-state index contributed by atoms with van der Waals surface area (Å²) in [5.41, 5.74) is 4.06. The largest absolute Gasteiger partial charge is 0.338 e. The van der Waals surface area contributed by atoms with Crippen molar-refractivity contribution in [2.75, 3.05) is 13.1 Å². The minimum atomic E-state index is 0.0694. The van der Waals surface area contributed by atoms with Gasteiger partial charge in [-0.15, -0.1) is 5.10 Å². The first kappa shape index (κ1) is 17.4. The molecule has 1 aromatic heterocycles. The SMILES string of the molecule is Cc1cccc(C2CCCN(C(=O)c3cccc(-n4nnnc4C)c3)C2)c1. The molecule has 6 nitrogen and oxygen atoms in total. The van der Waals surface area contributed by atoms with Gasteiger partial charge in [-0.1, -0.05) is 35.9 Å². The number of rotatable bonds is 3. The fourth-order valence-electron chi connectivity index (χ4n) is 3.78. The first-order chi connectivity index (χ1) is 13.1. The van der Waals surface area contributed by atoms with Gasteiger partial charge in [-0.25, -0.2) is 0 Å². The van der Waals surface area contributed by atoms with Crippen LogP contribution in [0.15, 0.2) is 48.5 Å². The monoisotopic (exact) mass is 361 g/mol. The topological polar surface area (TPSA) is 63.9 Å². The summed E-state index contributed by atoms with van der Waals surface area (Å²) in [6.45, 7) is 5.51. The van der Waals surface area contributed by atoms with Gasteiger partial charge in [-0.2, -0.15) is 4.68 Å². The molecular weight excluding hydrogens is 338 g/mol. The number of benzene rings is 2. The second-order valence-electron chi connectivity index (χ2n) is 7.19. The van der Waals surface area contributed by atoms with Crippen LogP contribution in [0, 0.1) is 13.8 Å². The highest BCUT2D eigenvalue weighted by Gasteiger charge is 2.25. The summed E-state index contributed by atoms with van der Waals surface area (Å²) in [5.74, 6) is 1.16. The van der Waals surface area contributed by atoms with E-state index in [-0.39, 0.29) is 5.91 Å². The van der Waals surface area contributed by atoms with Gasteiger partial charge in [-0.3, -0.25) is 4.79 Å². The van der Waals surface area contributed by atoms with Gasteiger partial charge in [0.25, 0.3) is 5.91 Å². The lowest BCUT2D eigenvalue weighted by Crippen LogP contribution is -2.39. The molecule has 0 N–H and O–H groups in total. The smallest absolute Gasteiger partial charge is 0.253 e. The fraction of sp³-hybridized carbons (Fsp3) is 0.333. The zero-order chi connectivity index (χ0) is 18.8. The highest BCUT2D eigenvalue weighted by Crippen LogP contribution is 2.28. The highest BCUT2D eigenvalue weighted by atomic mass is 16.2. The zero-order valence-corrected chi connectivity index (χ0v) is 15.7. The van der Waals surface area contributed by atoms with Crippen LogP contribution in [-0.4, -0.2) is 44.1 Å². The lowest BCUT2D eigenvalue weighted by Gasteiger charge is -2.33. The standard InChI is InChI=1S/C21H23N5O/c1-15-6-3-7-17(12-15)19-9-5-11-25(14-19)21(27)18-8-4-10-20(13-18)26-16(2)22-23-24-26/h3-4,6-8,10,12-13,19H,5,9,11,14H2,1-2H3. The fourth-order valence-corrected chi connectivity index (χ4v) is 3.78. The number of tetrazole rings is 1. The lowest BCUT2D eigenvalue weighted by atomic mass is 9.89. The predicted molar refractivity (Wildman–Crippen MR) is 103 cm³/mol. The summed E-state index contributed by atoms with van der Waals surface area (Å²) in [4.78, 5) is 15.1. The average molecular weight is 361 g/mol. The van der Waals surface area contributed by atoms with Gasteiger partial charge in [0.15, 0.2) is 5.82 Å². The number of aryl methyl sites for hydroxylation is 2. The molecule has 0 bridgehead atoms. The number of likely N-dealkylation sites (tertiary alicyclic amines) is 1. The van der Waals surface area contributed by atoms with E-state index in [1.165, 1.54) is 11.1 Å². The van der Waals surface area contributed by atoms with E-state index in [1.54, 1.807) is 4.68 Å². The van der Waals surface area contributed by atoms with Crippen LogP contribution in [0.25, 0.3) is 5.69 Å². The summed E-state index contributed by atoms with van der Waals surface area (Å²) >= 11 is 0. The molecule has 1 amide bonds. The molecule has 27 heavy (non-hydrogen) atoms. The van der Waals surface area contributed by atoms with Gasteiger partial charge in [0, 0.05) is 24.6 Å². The van der Waals surface area contributed by atoms with Gasteiger partial charge in [0.05, 0.1) is 5.69 Å². The molecule has 1 fully saturated rings. The van der Waals surface area contributed by atoms with E-state index >= 15 is 0 Å². The molecule has 6 heteroatoms. The molecule has 2 heterocycles. The minimum Gasteiger partial charge on any atom is -0.338 e. The molecular formula is C21H23N5O. The van der Waals surface area contributed by atoms with Gasteiger partial charge in [-0.05, 0) is 60.9 Å². The molecule has 0 saturated carbocycles. The molecule has 1 atom stereocenters. The summed E-state index contributed by atoms with van der Waals surface area (Å²) in [6, 6.07) is 16.1. The number of carbonyl (C=O) groups is 1. The quantitative estimate of drug-likeness (QED) is 0.718. The van der Waals surface area contributed by atoms with E-state index in [1.807, 2.05) is 36.1 Å². The third-order valence-electron chi connectivity index (χ3n) is 5.19. The van der Waals surface area contributed by atoms with Gasteiger partial charge in [0.1, 0.15) is 0 Å². The summed E-state index contributed by atoms with van der Waals surface area (Å²) in [7, 11) is 0. The van der Waals surface area contributed by atoms with E-state index in [4.69, 9.17) is 0 Å². The third-order valence-corrected chi connectivity index (χ3v) is 5.19. The summed E-state index contributed by atoms with van der Waals surface area (Å²) < 4.78 is 1.64. The molecule has 0 spiro atoms. The molecule has 0 radical (unpaired) electrons. The molecule has 1 saturated heterocycles. The first-order valence-electron chi connectivity index (χ1n) is 9.33. The average Bonchev–Trinajstić information content (AvgIpc) is 3.13. The van der Waals surface area contributed by atoms with Crippen LogP contribution in [0.2, 0.25) is 0 Å². The number of aromatic nitrogens is 4. The Balaban J connectivity index is 1.55. The number of piperidine rings is 1. The van der Waals surface area contributed by atoms with E-state index in [0.29, 0.717) is 17.3 Å². The Labute approximate surface area is 158 Å². The van der Waals surface area contributed by atoms with Crippen molar-refractivity contribution < 1.29 is 4.79 Å². The Bertz CT molecular complexity index is 964. The highest BCUT2D eigenvalue weighted by molar-refractivity contribution is 5.94. The van der Waals surface area contributed by atoms with Crippen LogP contribution in [0.1, 0.15) is 46.1 Å². The molecule has 1 unspecified atom stereocenters. The van der Waals surface area contributed by atoms with Gasteiger partial charge in [0.2, 0.25) is 0 Å². The van der Waals surface area contributed by atoms with Crippen molar-refractivity contribution >= 4 is 5.91 Å². The Kier molecular flexibility index (Phi) is 4.71. The van der Waals surface area contributed by atoms with Gasteiger partial charge >= 0.3 is 0 Å².